The lowest BCUT2D eigenvalue weighted by Gasteiger charge is -2.25. The third-order valence-corrected chi connectivity index (χ3v) is 4.97. The number of hydrogen-bond acceptors (Lipinski definition) is 4. The molecule has 4 nitrogen and oxygen atoms in total. The van der Waals surface area contributed by atoms with Gasteiger partial charge in [0.1, 0.15) is 11.6 Å². The number of ether oxygens (including phenoxy) is 1. The van der Waals surface area contributed by atoms with Gasteiger partial charge in [0, 0.05) is 20.1 Å². The molecule has 1 aliphatic carbocycles. The number of methoxy groups -OCH3 is 1. The third-order valence-electron chi connectivity index (χ3n) is 3.84. The van der Waals surface area contributed by atoms with Crippen LogP contribution in [0.1, 0.15) is 50.0 Å². The fourth-order valence-corrected chi connectivity index (χ4v) is 3.28. The van der Waals surface area contributed by atoms with Gasteiger partial charge in [0.05, 0.1) is 15.9 Å². The molecule has 2 rings (SSSR count). The van der Waals surface area contributed by atoms with E-state index in [1.54, 1.807) is 7.11 Å². The van der Waals surface area contributed by atoms with Gasteiger partial charge in [-0.25, -0.2) is 9.97 Å². The van der Waals surface area contributed by atoms with E-state index in [4.69, 9.17) is 14.7 Å². The van der Waals surface area contributed by atoms with Gasteiger partial charge in [0.25, 0.3) is 0 Å². The van der Waals surface area contributed by atoms with Gasteiger partial charge in [-0.15, -0.1) is 0 Å². The average Bonchev–Trinajstić information content (AvgIpc) is 2.42. The highest BCUT2D eigenvalue weighted by Gasteiger charge is 2.23. The van der Waals surface area contributed by atoms with E-state index in [9.17, 15) is 0 Å². The summed E-state index contributed by atoms with van der Waals surface area (Å²) in [6.07, 6.45) is 4.98. The highest BCUT2D eigenvalue weighted by Crippen LogP contribution is 2.35. The Morgan fingerprint density at radius 1 is 1.26 bits per heavy atom. The van der Waals surface area contributed by atoms with Crippen LogP contribution in [-0.4, -0.2) is 24.1 Å². The summed E-state index contributed by atoms with van der Waals surface area (Å²) in [4.78, 5) is 9.43. The van der Waals surface area contributed by atoms with Crippen molar-refractivity contribution in [1.82, 2.24) is 9.97 Å². The summed E-state index contributed by atoms with van der Waals surface area (Å²) in [7, 11) is 3.62. The number of nitrogens with one attached hydrogen (secondary N) is 1. The highest BCUT2D eigenvalue weighted by atomic mass is 127. The minimum absolute atomic E-state index is 0.510. The molecular formula is C14H22IN3O. The van der Waals surface area contributed by atoms with Crippen molar-refractivity contribution in [3.63, 3.8) is 0 Å². The van der Waals surface area contributed by atoms with Crippen LogP contribution in [0, 0.1) is 9.49 Å². The SMILES string of the molecule is CNc1nc(C2CCC(C)CC2)nc(COC)c1I. The maximum atomic E-state index is 5.24. The molecule has 1 N–H and O–H groups in total. The topological polar surface area (TPSA) is 47.0 Å². The minimum Gasteiger partial charge on any atom is -0.378 e. The molecule has 0 aromatic carbocycles. The molecule has 1 aromatic heterocycles. The molecule has 0 aliphatic heterocycles. The summed E-state index contributed by atoms with van der Waals surface area (Å²) in [5.74, 6) is 3.28. The number of halogens is 1. The Hall–Kier alpha value is -0.430. The molecule has 1 fully saturated rings. The summed E-state index contributed by atoms with van der Waals surface area (Å²) in [6, 6.07) is 0. The monoisotopic (exact) mass is 375 g/mol. The molecule has 1 aliphatic rings. The lowest BCUT2D eigenvalue weighted by atomic mass is 9.82. The molecule has 1 aromatic rings. The smallest absolute Gasteiger partial charge is 0.143 e. The summed E-state index contributed by atoms with van der Waals surface area (Å²) in [6.45, 7) is 2.88. The van der Waals surface area contributed by atoms with Gasteiger partial charge in [-0.1, -0.05) is 19.8 Å². The van der Waals surface area contributed by atoms with Crippen LogP contribution < -0.4 is 5.32 Å². The Morgan fingerprint density at radius 2 is 1.95 bits per heavy atom. The Bertz CT molecular complexity index is 431. The quantitative estimate of drug-likeness (QED) is 0.818. The lowest BCUT2D eigenvalue weighted by molar-refractivity contribution is 0.180. The van der Waals surface area contributed by atoms with Gasteiger partial charge in [-0.05, 0) is 41.4 Å². The molecule has 0 radical (unpaired) electrons. The molecule has 1 saturated carbocycles. The number of hydrogen-bond donors (Lipinski definition) is 1. The van der Waals surface area contributed by atoms with Crippen molar-refractivity contribution >= 4 is 28.4 Å². The molecule has 0 amide bonds. The first-order valence-corrected chi connectivity index (χ1v) is 7.96. The standard InChI is InChI=1S/C14H22IN3O/c1-9-4-6-10(7-5-9)13-17-11(8-19-3)12(15)14(16-2)18-13/h9-10H,4-8H2,1-3H3,(H,16,17,18). The van der Waals surface area contributed by atoms with Gasteiger partial charge < -0.3 is 10.1 Å². The van der Waals surface area contributed by atoms with E-state index in [0.717, 1.165) is 26.8 Å². The van der Waals surface area contributed by atoms with E-state index in [0.29, 0.717) is 12.5 Å². The van der Waals surface area contributed by atoms with E-state index in [2.05, 4.69) is 34.8 Å². The van der Waals surface area contributed by atoms with Crippen LogP contribution in [0.3, 0.4) is 0 Å². The number of aromatic nitrogens is 2. The number of anilines is 1. The van der Waals surface area contributed by atoms with E-state index in [-0.39, 0.29) is 0 Å². The highest BCUT2D eigenvalue weighted by molar-refractivity contribution is 14.1. The van der Waals surface area contributed by atoms with Crippen LogP contribution in [0.4, 0.5) is 5.82 Å². The summed E-state index contributed by atoms with van der Waals surface area (Å²) >= 11 is 2.29. The van der Waals surface area contributed by atoms with Crippen LogP contribution in [0.5, 0.6) is 0 Å². The zero-order valence-corrected chi connectivity index (χ0v) is 14.0. The Morgan fingerprint density at radius 3 is 2.53 bits per heavy atom. The van der Waals surface area contributed by atoms with Crippen molar-refractivity contribution in [2.24, 2.45) is 5.92 Å². The average molecular weight is 375 g/mol. The molecular weight excluding hydrogens is 353 g/mol. The van der Waals surface area contributed by atoms with Gasteiger partial charge in [-0.3, -0.25) is 0 Å². The summed E-state index contributed by atoms with van der Waals surface area (Å²) in [5.41, 5.74) is 0.996. The van der Waals surface area contributed by atoms with Crippen LogP contribution >= 0.6 is 22.6 Å². The molecule has 1 heterocycles. The molecule has 0 spiro atoms. The van der Waals surface area contributed by atoms with Crippen molar-refractivity contribution in [2.45, 2.75) is 45.1 Å². The first-order valence-electron chi connectivity index (χ1n) is 6.88. The van der Waals surface area contributed by atoms with Gasteiger partial charge in [0.2, 0.25) is 0 Å². The zero-order chi connectivity index (χ0) is 13.8. The first kappa shape index (κ1) is 15.0. The molecule has 19 heavy (non-hydrogen) atoms. The minimum atomic E-state index is 0.510. The second kappa shape index (κ2) is 6.83. The van der Waals surface area contributed by atoms with Gasteiger partial charge in [0.15, 0.2) is 0 Å². The van der Waals surface area contributed by atoms with Crippen molar-refractivity contribution in [2.75, 3.05) is 19.5 Å². The molecule has 0 unspecified atom stereocenters. The van der Waals surface area contributed by atoms with Crippen molar-refractivity contribution < 1.29 is 4.74 Å². The largest absolute Gasteiger partial charge is 0.378 e. The summed E-state index contributed by atoms with van der Waals surface area (Å²) < 4.78 is 6.31. The second-order valence-electron chi connectivity index (χ2n) is 5.33. The van der Waals surface area contributed by atoms with Gasteiger partial charge >= 0.3 is 0 Å². The fraction of sp³-hybridized carbons (Fsp3) is 0.714. The van der Waals surface area contributed by atoms with E-state index in [1.165, 1.54) is 25.7 Å². The Balaban J connectivity index is 2.27. The van der Waals surface area contributed by atoms with E-state index >= 15 is 0 Å². The zero-order valence-electron chi connectivity index (χ0n) is 11.9. The Kier molecular flexibility index (Phi) is 5.38. The van der Waals surface area contributed by atoms with E-state index < -0.39 is 0 Å². The van der Waals surface area contributed by atoms with Crippen LogP contribution in [0.2, 0.25) is 0 Å². The second-order valence-corrected chi connectivity index (χ2v) is 6.41. The normalized spacial score (nSPS) is 23.4. The van der Waals surface area contributed by atoms with Crippen molar-refractivity contribution in [3.8, 4) is 0 Å². The lowest BCUT2D eigenvalue weighted by Crippen LogP contribution is -2.16. The molecule has 5 heteroatoms. The Labute approximate surface area is 128 Å². The first-order chi connectivity index (χ1) is 9.15. The van der Waals surface area contributed by atoms with Crippen molar-refractivity contribution in [3.05, 3.63) is 15.1 Å². The van der Waals surface area contributed by atoms with Crippen LogP contribution in [0.15, 0.2) is 0 Å². The predicted octanol–water partition coefficient (Wildman–Crippen LogP) is 3.56. The molecule has 106 valence electrons. The third kappa shape index (κ3) is 3.56. The van der Waals surface area contributed by atoms with Gasteiger partial charge in [-0.2, -0.15) is 0 Å². The maximum Gasteiger partial charge on any atom is 0.143 e. The molecule has 0 saturated heterocycles. The maximum absolute atomic E-state index is 5.24. The molecule has 0 bridgehead atoms. The van der Waals surface area contributed by atoms with Crippen LogP contribution in [0.25, 0.3) is 0 Å². The predicted molar refractivity (Wildman–Crippen MR) is 85.4 cm³/mol. The number of rotatable bonds is 4. The van der Waals surface area contributed by atoms with Crippen molar-refractivity contribution in [1.29, 1.82) is 0 Å². The van der Waals surface area contributed by atoms with E-state index in [1.807, 2.05) is 7.05 Å². The fourth-order valence-electron chi connectivity index (χ4n) is 2.61. The molecule has 0 atom stereocenters. The van der Waals surface area contributed by atoms with Crippen LogP contribution in [-0.2, 0) is 11.3 Å². The number of nitrogens with zero attached hydrogens (tertiary/aromatic N) is 2. The summed E-state index contributed by atoms with van der Waals surface area (Å²) in [5, 5.41) is 3.17.